The highest BCUT2D eigenvalue weighted by molar-refractivity contribution is 8.00. The molecule has 1 atom stereocenters. The summed E-state index contributed by atoms with van der Waals surface area (Å²) in [6, 6.07) is 7.75. The Kier molecular flexibility index (Phi) is 5.14. The lowest BCUT2D eigenvalue weighted by Crippen LogP contribution is -2.28. The van der Waals surface area contributed by atoms with Crippen LogP contribution in [0.5, 0.6) is 5.75 Å². The minimum atomic E-state index is -0.134. The van der Waals surface area contributed by atoms with Crippen molar-refractivity contribution in [1.29, 1.82) is 0 Å². The molecule has 2 aromatic rings. The maximum atomic E-state index is 12.3. The monoisotopic (exact) mass is 345 g/mol. The summed E-state index contributed by atoms with van der Waals surface area (Å²) in [4.78, 5) is 14.1. The fourth-order valence-electron chi connectivity index (χ4n) is 2.57. The Balaban J connectivity index is 1.67. The third-order valence-electron chi connectivity index (χ3n) is 3.84. The second-order valence-electron chi connectivity index (χ2n) is 5.44. The van der Waals surface area contributed by atoms with E-state index in [0.717, 1.165) is 24.3 Å². The number of likely N-dealkylation sites (tertiary alicyclic amines) is 1. The topological polar surface area (TPSA) is 73.1 Å². The van der Waals surface area contributed by atoms with Crippen LogP contribution in [0, 0.1) is 0 Å². The molecule has 7 nitrogen and oxygen atoms in total. The zero-order chi connectivity index (χ0) is 16.9. The Bertz CT molecular complexity index is 716. The van der Waals surface area contributed by atoms with Crippen molar-refractivity contribution < 1.29 is 9.53 Å². The number of thioether (sulfide) groups is 1. The second-order valence-corrected chi connectivity index (χ2v) is 6.61. The summed E-state index contributed by atoms with van der Waals surface area (Å²) in [5, 5.41) is 12.4. The van der Waals surface area contributed by atoms with E-state index in [-0.39, 0.29) is 11.2 Å². The molecule has 2 heterocycles. The molecule has 126 valence electrons. The molecule has 0 N–H and O–H groups in total. The fourth-order valence-corrected chi connectivity index (χ4v) is 3.60. The second kappa shape index (κ2) is 7.48. The van der Waals surface area contributed by atoms with Gasteiger partial charge in [-0.05, 0) is 34.5 Å². The Labute approximate surface area is 144 Å². The molecular weight excluding hydrogens is 326 g/mol. The van der Waals surface area contributed by atoms with Crippen LogP contribution in [-0.4, -0.2) is 56.5 Å². The standard InChI is InChI=1S/C16H19N5O2S/c1-3-9-20-10-8-14(15(20)22)24-16-17-18-19-21(16)11-12-4-6-13(23-2)7-5-12/h3-7,14H,1,8-11H2,2H3/t14-/m1/s1. The highest BCUT2D eigenvalue weighted by Crippen LogP contribution is 2.29. The van der Waals surface area contributed by atoms with Gasteiger partial charge < -0.3 is 9.64 Å². The first-order valence-electron chi connectivity index (χ1n) is 7.66. The zero-order valence-electron chi connectivity index (χ0n) is 13.5. The highest BCUT2D eigenvalue weighted by Gasteiger charge is 2.33. The van der Waals surface area contributed by atoms with Gasteiger partial charge in [-0.15, -0.1) is 11.7 Å². The summed E-state index contributed by atoms with van der Waals surface area (Å²) in [7, 11) is 1.64. The number of tetrazole rings is 1. The lowest BCUT2D eigenvalue weighted by Gasteiger charge is -2.13. The Morgan fingerprint density at radius 1 is 1.42 bits per heavy atom. The average Bonchev–Trinajstić information content (AvgIpc) is 3.18. The largest absolute Gasteiger partial charge is 0.497 e. The summed E-state index contributed by atoms with van der Waals surface area (Å²) < 4.78 is 6.88. The third-order valence-corrected chi connectivity index (χ3v) is 5.06. The van der Waals surface area contributed by atoms with E-state index in [4.69, 9.17) is 4.74 Å². The molecule has 0 bridgehead atoms. The smallest absolute Gasteiger partial charge is 0.236 e. The molecule has 1 amide bonds. The van der Waals surface area contributed by atoms with E-state index in [9.17, 15) is 4.79 Å². The molecule has 1 saturated heterocycles. The third kappa shape index (κ3) is 3.59. The first-order valence-corrected chi connectivity index (χ1v) is 8.54. The van der Waals surface area contributed by atoms with E-state index >= 15 is 0 Å². The first kappa shape index (κ1) is 16.5. The molecule has 24 heavy (non-hydrogen) atoms. The summed E-state index contributed by atoms with van der Waals surface area (Å²) in [6.07, 6.45) is 2.55. The van der Waals surface area contributed by atoms with Gasteiger partial charge in [0.1, 0.15) is 5.75 Å². The summed E-state index contributed by atoms with van der Waals surface area (Å²) >= 11 is 1.43. The molecule has 0 radical (unpaired) electrons. The number of benzene rings is 1. The van der Waals surface area contributed by atoms with Crippen LogP contribution in [0.3, 0.4) is 0 Å². The predicted molar refractivity (Wildman–Crippen MR) is 91.0 cm³/mol. The molecule has 0 saturated carbocycles. The van der Waals surface area contributed by atoms with Crippen molar-refractivity contribution in [3.8, 4) is 5.75 Å². The number of aromatic nitrogens is 4. The Morgan fingerprint density at radius 3 is 2.92 bits per heavy atom. The van der Waals surface area contributed by atoms with Crippen molar-refractivity contribution in [2.45, 2.75) is 23.4 Å². The molecule has 1 fully saturated rings. The Morgan fingerprint density at radius 2 is 2.21 bits per heavy atom. The van der Waals surface area contributed by atoms with Crippen molar-refractivity contribution in [3.63, 3.8) is 0 Å². The van der Waals surface area contributed by atoms with E-state index < -0.39 is 0 Å². The maximum Gasteiger partial charge on any atom is 0.236 e. The molecule has 3 rings (SSSR count). The van der Waals surface area contributed by atoms with Crippen molar-refractivity contribution in [3.05, 3.63) is 42.5 Å². The molecule has 8 heteroatoms. The molecule has 1 aromatic carbocycles. The maximum absolute atomic E-state index is 12.3. The van der Waals surface area contributed by atoms with Gasteiger partial charge >= 0.3 is 0 Å². The van der Waals surface area contributed by atoms with Gasteiger partial charge in [0.2, 0.25) is 11.1 Å². The van der Waals surface area contributed by atoms with Gasteiger partial charge in [0.15, 0.2) is 0 Å². The highest BCUT2D eigenvalue weighted by atomic mass is 32.2. The van der Waals surface area contributed by atoms with Crippen LogP contribution in [0.1, 0.15) is 12.0 Å². The number of carbonyl (C=O) groups excluding carboxylic acids is 1. The van der Waals surface area contributed by atoms with E-state index in [1.165, 1.54) is 11.8 Å². The number of methoxy groups -OCH3 is 1. The van der Waals surface area contributed by atoms with Crippen molar-refractivity contribution in [1.82, 2.24) is 25.1 Å². The molecule has 1 aliphatic heterocycles. The van der Waals surface area contributed by atoms with E-state index in [1.54, 1.807) is 17.9 Å². The predicted octanol–water partition coefficient (Wildman–Crippen LogP) is 1.61. The number of rotatable bonds is 7. The Hall–Kier alpha value is -2.35. The zero-order valence-corrected chi connectivity index (χ0v) is 14.3. The van der Waals surface area contributed by atoms with Gasteiger partial charge in [-0.1, -0.05) is 30.0 Å². The van der Waals surface area contributed by atoms with Crippen molar-refractivity contribution in [2.75, 3.05) is 20.2 Å². The molecular formula is C16H19N5O2S. The average molecular weight is 345 g/mol. The van der Waals surface area contributed by atoms with Crippen molar-refractivity contribution >= 4 is 17.7 Å². The summed E-state index contributed by atoms with van der Waals surface area (Å²) in [5.74, 6) is 0.933. The lowest BCUT2D eigenvalue weighted by molar-refractivity contribution is -0.126. The number of hydrogen-bond acceptors (Lipinski definition) is 6. The molecule has 0 unspecified atom stereocenters. The summed E-state index contributed by atoms with van der Waals surface area (Å²) in [6.45, 7) is 5.58. The van der Waals surface area contributed by atoms with Crippen LogP contribution in [0.4, 0.5) is 0 Å². The number of hydrogen-bond donors (Lipinski definition) is 0. The van der Waals surface area contributed by atoms with Crippen LogP contribution >= 0.6 is 11.8 Å². The molecule has 1 aromatic heterocycles. The lowest BCUT2D eigenvalue weighted by atomic mass is 10.2. The van der Waals surface area contributed by atoms with Crippen molar-refractivity contribution in [2.24, 2.45) is 0 Å². The van der Waals surface area contributed by atoms with Crippen LogP contribution in [-0.2, 0) is 11.3 Å². The number of amides is 1. The number of carbonyl (C=O) groups is 1. The SMILES string of the molecule is C=CCN1CC[C@@H](Sc2nnnn2Cc2ccc(OC)cc2)C1=O. The number of ether oxygens (including phenoxy) is 1. The van der Waals surface area contributed by atoms with Crippen LogP contribution in [0.25, 0.3) is 0 Å². The van der Waals surface area contributed by atoms with E-state index in [2.05, 4.69) is 22.1 Å². The van der Waals surface area contributed by atoms with Gasteiger partial charge in [-0.3, -0.25) is 4.79 Å². The minimum absolute atomic E-state index is 0.124. The van der Waals surface area contributed by atoms with Gasteiger partial charge in [-0.25, -0.2) is 4.68 Å². The molecule has 0 spiro atoms. The normalized spacial score (nSPS) is 17.3. The van der Waals surface area contributed by atoms with E-state index in [0.29, 0.717) is 18.2 Å². The summed E-state index contributed by atoms with van der Waals surface area (Å²) in [5.41, 5.74) is 1.07. The molecule has 1 aliphatic rings. The van der Waals surface area contributed by atoms with Gasteiger partial charge in [0.05, 0.1) is 18.9 Å². The van der Waals surface area contributed by atoms with E-state index in [1.807, 2.05) is 29.2 Å². The quantitative estimate of drug-likeness (QED) is 0.710. The van der Waals surface area contributed by atoms with Crippen LogP contribution < -0.4 is 4.74 Å². The van der Waals surface area contributed by atoms with Crippen LogP contribution in [0.15, 0.2) is 42.1 Å². The fraction of sp³-hybridized carbons (Fsp3) is 0.375. The molecule has 0 aliphatic carbocycles. The first-order chi connectivity index (χ1) is 11.7. The van der Waals surface area contributed by atoms with Gasteiger partial charge in [-0.2, -0.15) is 0 Å². The van der Waals surface area contributed by atoms with Gasteiger partial charge in [0, 0.05) is 13.1 Å². The van der Waals surface area contributed by atoms with Crippen LogP contribution in [0.2, 0.25) is 0 Å². The van der Waals surface area contributed by atoms with Gasteiger partial charge in [0.25, 0.3) is 0 Å². The number of nitrogens with zero attached hydrogens (tertiary/aromatic N) is 5. The minimum Gasteiger partial charge on any atom is -0.497 e.